The van der Waals surface area contributed by atoms with Gasteiger partial charge in [-0.15, -0.1) is 0 Å². The Morgan fingerprint density at radius 2 is 1.84 bits per heavy atom. The third kappa shape index (κ3) is 5.05. The molecule has 2 aliphatic rings. The number of nitrogens with zero attached hydrogens (tertiary/aromatic N) is 2. The molecule has 0 aromatic heterocycles. The van der Waals surface area contributed by atoms with Crippen LogP contribution in [0.2, 0.25) is 10.0 Å². The normalized spacial score (nSPS) is 20.8. The highest BCUT2D eigenvalue weighted by Crippen LogP contribution is 2.33. The molecule has 170 valence electrons. The van der Waals surface area contributed by atoms with E-state index >= 15 is 0 Å². The fraction of sp³-hybridized carbons (Fsp3) is 0.391. The molecule has 2 aromatic carbocycles. The third-order valence-corrected chi connectivity index (χ3v) is 6.50. The van der Waals surface area contributed by atoms with Crippen LogP contribution >= 0.6 is 23.2 Å². The van der Waals surface area contributed by atoms with Gasteiger partial charge in [0.05, 0.1) is 22.3 Å². The Kier molecular flexibility index (Phi) is 6.96. The molecule has 0 aliphatic carbocycles. The molecule has 4 rings (SSSR count). The monoisotopic (exact) mass is 477 g/mol. The Morgan fingerprint density at radius 1 is 1.03 bits per heavy atom. The lowest BCUT2D eigenvalue weighted by atomic mass is 10.0. The molecule has 0 bridgehead atoms. The summed E-state index contributed by atoms with van der Waals surface area (Å²) in [5.41, 5.74) is 1.50. The van der Waals surface area contributed by atoms with E-state index in [4.69, 9.17) is 27.9 Å². The number of carbonyl (C=O) groups is 2. The van der Waals surface area contributed by atoms with Crippen LogP contribution in [0.4, 0.5) is 16.2 Å². The van der Waals surface area contributed by atoms with E-state index in [2.05, 4.69) is 10.2 Å². The second-order valence-electron chi connectivity index (χ2n) is 8.05. The number of halogens is 2. The van der Waals surface area contributed by atoms with E-state index in [1.807, 2.05) is 24.3 Å². The van der Waals surface area contributed by atoms with Gasteiger partial charge in [-0.1, -0.05) is 35.3 Å². The summed E-state index contributed by atoms with van der Waals surface area (Å²) in [6, 6.07) is 12.1. The Bertz CT molecular complexity index is 1000. The topological polar surface area (TPSA) is 82.1 Å². The largest absolute Gasteiger partial charge is 0.487 e. The lowest BCUT2D eigenvalue weighted by molar-refractivity contribution is -0.121. The molecule has 0 unspecified atom stereocenters. The fourth-order valence-corrected chi connectivity index (χ4v) is 4.74. The van der Waals surface area contributed by atoms with Crippen molar-refractivity contribution in [3.63, 3.8) is 0 Å². The molecule has 2 heterocycles. The molecule has 2 saturated heterocycles. The van der Waals surface area contributed by atoms with Crippen LogP contribution < -0.4 is 15.0 Å². The summed E-state index contributed by atoms with van der Waals surface area (Å²) < 4.78 is 6.11. The number of nitrogens with one attached hydrogen (secondary N) is 1. The van der Waals surface area contributed by atoms with Crippen molar-refractivity contribution in [2.45, 2.75) is 37.8 Å². The lowest BCUT2D eigenvalue weighted by Gasteiger charge is -2.32. The number of ether oxygens (including phenoxy) is 1. The summed E-state index contributed by atoms with van der Waals surface area (Å²) in [7, 11) is 0. The molecule has 9 heteroatoms. The average Bonchev–Trinajstić information content (AvgIpc) is 3.24. The molecule has 2 amide bonds. The predicted octanol–water partition coefficient (Wildman–Crippen LogP) is 5.12. The van der Waals surface area contributed by atoms with Crippen molar-refractivity contribution < 1.29 is 19.4 Å². The van der Waals surface area contributed by atoms with Crippen LogP contribution in [0.3, 0.4) is 0 Å². The first-order valence-electron chi connectivity index (χ1n) is 10.7. The van der Waals surface area contributed by atoms with E-state index in [0.29, 0.717) is 41.0 Å². The Hall–Kier alpha value is -2.64. The van der Waals surface area contributed by atoms with Gasteiger partial charge in [0.2, 0.25) is 5.91 Å². The number of carbonyl (C=O) groups excluding carboxylic acids is 1. The molecule has 7 nitrogen and oxygen atoms in total. The third-order valence-electron chi connectivity index (χ3n) is 5.88. The first-order chi connectivity index (χ1) is 15.4. The van der Waals surface area contributed by atoms with E-state index in [1.54, 1.807) is 18.2 Å². The molecular formula is C23H25Cl2N3O4. The number of likely N-dealkylation sites (tertiary alicyclic amines) is 1. The van der Waals surface area contributed by atoms with Crippen LogP contribution in [0.15, 0.2) is 42.5 Å². The maximum absolute atomic E-state index is 12.6. The molecule has 2 atom stereocenters. The van der Waals surface area contributed by atoms with Crippen molar-refractivity contribution in [3.05, 3.63) is 52.5 Å². The number of hydrogen-bond donors (Lipinski definition) is 2. The molecule has 2 aliphatic heterocycles. The zero-order chi connectivity index (χ0) is 22.7. The van der Waals surface area contributed by atoms with Crippen LogP contribution in [-0.4, -0.2) is 53.8 Å². The number of carboxylic acid groups (broad SMARTS) is 1. The van der Waals surface area contributed by atoms with Crippen LogP contribution in [0.25, 0.3) is 0 Å². The SMILES string of the molecule is O=C(Nc1ccc(O[C@H]2CCN(c3ccccc3Cl)C2)c(Cl)c1)[C@H]1CCCCN1C(=O)O. The zero-order valence-corrected chi connectivity index (χ0v) is 19.0. The van der Waals surface area contributed by atoms with Gasteiger partial charge >= 0.3 is 6.09 Å². The van der Waals surface area contributed by atoms with Gasteiger partial charge in [-0.05, 0) is 49.6 Å². The van der Waals surface area contributed by atoms with Crippen LogP contribution in [0.1, 0.15) is 25.7 Å². The van der Waals surface area contributed by atoms with Gasteiger partial charge in [-0.3, -0.25) is 9.69 Å². The number of hydrogen-bond acceptors (Lipinski definition) is 4. The smallest absolute Gasteiger partial charge is 0.407 e. The Balaban J connectivity index is 1.37. The van der Waals surface area contributed by atoms with Gasteiger partial charge in [-0.25, -0.2) is 4.79 Å². The molecule has 2 fully saturated rings. The van der Waals surface area contributed by atoms with Crippen molar-refractivity contribution in [1.29, 1.82) is 0 Å². The number of para-hydroxylation sites is 1. The molecule has 0 spiro atoms. The summed E-state index contributed by atoms with van der Waals surface area (Å²) >= 11 is 12.7. The van der Waals surface area contributed by atoms with Crippen molar-refractivity contribution in [2.75, 3.05) is 29.9 Å². The van der Waals surface area contributed by atoms with Crippen molar-refractivity contribution in [1.82, 2.24) is 4.90 Å². The highest BCUT2D eigenvalue weighted by molar-refractivity contribution is 6.33. The number of amides is 2. The maximum atomic E-state index is 12.6. The first-order valence-corrected chi connectivity index (χ1v) is 11.4. The lowest BCUT2D eigenvalue weighted by Crippen LogP contribution is -2.49. The van der Waals surface area contributed by atoms with Crippen molar-refractivity contribution in [2.24, 2.45) is 0 Å². The number of piperidine rings is 1. The van der Waals surface area contributed by atoms with Gasteiger partial charge in [0.1, 0.15) is 17.9 Å². The second-order valence-corrected chi connectivity index (χ2v) is 8.86. The molecular weight excluding hydrogens is 453 g/mol. The predicted molar refractivity (Wildman–Crippen MR) is 125 cm³/mol. The molecule has 2 N–H and O–H groups in total. The summed E-state index contributed by atoms with van der Waals surface area (Å²) in [6.07, 6.45) is 1.83. The van der Waals surface area contributed by atoms with Crippen LogP contribution in [0, 0.1) is 0 Å². The summed E-state index contributed by atoms with van der Waals surface area (Å²) in [4.78, 5) is 27.4. The Labute approximate surface area is 196 Å². The minimum absolute atomic E-state index is 0.0319. The summed E-state index contributed by atoms with van der Waals surface area (Å²) in [5.74, 6) is 0.198. The minimum atomic E-state index is -1.07. The molecule has 0 saturated carbocycles. The number of anilines is 2. The van der Waals surface area contributed by atoms with Crippen molar-refractivity contribution in [3.8, 4) is 5.75 Å². The first kappa shape index (κ1) is 22.6. The molecule has 32 heavy (non-hydrogen) atoms. The molecule has 0 radical (unpaired) electrons. The summed E-state index contributed by atoms with van der Waals surface area (Å²) in [5, 5.41) is 13.2. The number of rotatable bonds is 5. The van der Waals surface area contributed by atoms with Gasteiger partial charge in [-0.2, -0.15) is 0 Å². The fourth-order valence-electron chi connectivity index (χ4n) is 4.26. The maximum Gasteiger partial charge on any atom is 0.407 e. The standard InChI is InChI=1S/C23H25Cl2N3O4/c24-17-5-1-2-6-19(17)27-12-10-16(14-27)32-21-9-8-15(13-18(21)25)26-22(29)20-7-3-4-11-28(20)23(30)31/h1-2,5-6,8-9,13,16,20H,3-4,7,10-12,14H2,(H,26,29)(H,30,31)/t16-,20+/m0/s1. The van der Waals surface area contributed by atoms with Crippen LogP contribution in [-0.2, 0) is 4.79 Å². The van der Waals surface area contributed by atoms with E-state index in [9.17, 15) is 14.7 Å². The zero-order valence-electron chi connectivity index (χ0n) is 17.5. The van der Waals surface area contributed by atoms with E-state index in [1.165, 1.54) is 4.90 Å². The van der Waals surface area contributed by atoms with E-state index in [-0.39, 0.29) is 12.0 Å². The van der Waals surface area contributed by atoms with Gasteiger partial charge in [0.25, 0.3) is 0 Å². The quantitative estimate of drug-likeness (QED) is 0.624. The average molecular weight is 478 g/mol. The van der Waals surface area contributed by atoms with Gasteiger partial charge in [0, 0.05) is 25.2 Å². The van der Waals surface area contributed by atoms with Crippen LogP contribution in [0.5, 0.6) is 5.75 Å². The number of benzene rings is 2. The molecule has 2 aromatic rings. The highest BCUT2D eigenvalue weighted by Gasteiger charge is 2.32. The van der Waals surface area contributed by atoms with Gasteiger partial charge in [0.15, 0.2) is 0 Å². The Morgan fingerprint density at radius 3 is 2.59 bits per heavy atom. The second kappa shape index (κ2) is 9.88. The van der Waals surface area contributed by atoms with E-state index < -0.39 is 12.1 Å². The summed E-state index contributed by atoms with van der Waals surface area (Å²) in [6.45, 7) is 1.90. The van der Waals surface area contributed by atoms with E-state index in [0.717, 1.165) is 31.5 Å². The minimum Gasteiger partial charge on any atom is -0.487 e. The van der Waals surface area contributed by atoms with Gasteiger partial charge < -0.3 is 20.1 Å². The van der Waals surface area contributed by atoms with Crippen molar-refractivity contribution >= 4 is 46.6 Å². The highest BCUT2D eigenvalue weighted by atomic mass is 35.5.